The standard InChI is InChI=1S/C24H25OSi.C22H19O.2CH3.2ClH.H2Si.Zr/c1-16-13-19-14-20(22-11-12-23(25-22)26(3,4)5)15-21(19)24(17(16)2)18-9-7-6-8-10-18;1-14-11-18-12-19(21-10-9-15(2)23-21)13-20(18)22(16(14)3)17-7-5-4-6-8-17;;;;;;/h6-15H,1-5H3;4-13H,1-3H3;2*1H3;2*1H;1H2;. The third kappa shape index (κ3) is 6.87. The van der Waals surface area contributed by atoms with E-state index < -0.39 is 25.5 Å². The molecule has 0 fully saturated rings. The van der Waals surface area contributed by atoms with Crippen LogP contribution in [0.4, 0.5) is 0 Å². The number of aryl methyl sites for hydroxylation is 3. The van der Waals surface area contributed by atoms with Crippen molar-refractivity contribution >= 4 is 68.4 Å². The summed E-state index contributed by atoms with van der Waals surface area (Å²) in [5.74, 6) is 2.99. The van der Waals surface area contributed by atoms with Crippen molar-refractivity contribution in [3.8, 4) is 22.3 Å². The monoisotopic (exact) mass is 878 g/mol. The molecular formula is C48H54Cl2O2Si2Zr. The Morgan fingerprint density at radius 1 is 0.564 bits per heavy atom. The third-order valence-electron chi connectivity index (χ3n) is 12.4. The Bertz CT molecular complexity index is 2580. The summed E-state index contributed by atoms with van der Waals surface area (Å²) in [6, 6.07) is 36.0. The predicted octanol–water partition coefficient (Wildman–Crippen LogP) is 13.4. The molecule has 4 aromatic carbocycles. The van der Waals surface area contributed by atoms with Gasteiger partial charge in [0.05, 0.1) is 0 Å². The minimum Gasteiger partial charge on any atom is -0.147 e. The average Bonchev–Trinajstić information content (AvgIpc) is 3.91. The maximum Gasteiger partial charge on any atom is -0.147 e. The van der Waals surface area contributed by atoms with Crippen molar-refractivity contribution in [2.45, 2.75) is 70.8 Å². The summed E-state index contributed by atoms with van der Waals surface area (Å²) in [5.41, 5.74) is 19.0. The Labute approximate surface area is 343 Å². The van der Waals surface area contributed by atoms with E-state index in [2.05, 4.69) is 180 Å². The molecule has 0 saturated heterocycles. The molecule has 55 heavy (non-hydrogen) atoms. The molecule has 284 valence electrons. The van der Waals surface area contributed by atoms with Crippen LogP contribution in [0.5, 0.6) is 0 Å². The molecule has 6 aromatic rings. The van der Waals surface area contributed by atoms with Crippen LogP contribution in [-0.4, -0.2) is 15.0 Å². The van der Waals surface area contributed by atoms with E-state index in [0.29, 0.717) is 0 Å². The van der Waals surface area contributed by atoms with Gasteiger partial charge in [-0.05, 0) is 0 Å². The van der Waals surface area contributed by atoms with Crippen LogP contribution in [0.1, 0.15) is 69.0 Å². The summed E-state index contributed by atoms with van der Waals surface area (Å²) in [6.45, 7) is 20.8. The van der Waals surface area contributed by atoms with Gasteiger partial charge in [-0.1, -0.05) is 0 Å². The molecule has 0 saturated carbocycles. The molecule has 0 amide bonds. The van der Waals surface area contributed by atoms with E-state index in [4.69, 9.17) is 8.83 Å². The summed E-state index contributed by atoms with van der Waals surface area (Å²) in [5, 5.41) is 1.16. The van der Waals surface area contributed by atoms with E-state index in [9.17, 15) is 0 Å². The summed E-state index contributed by atoms with van der Waals surface area (Å²) in [6.07, 6.45) is 5.04. The van der Waals surface area contributed by atoms with E-state index in [0.717, 1.165) is 22.7 Å². The molecule has 0 radical (unpaired) electrons. The summed E-state index contributed by atoms with van der Waals surface area (Å²) in [4.78, 5) is 0. The first-order valence-electron chi connectivity index (χ1n) is 19.1. The van der Waals surface area contributed by atoms with Crippen LogP contribution in [0, 0.1) is 34.6 Å². The van der Waals surface area contributed by atoms with E-state index in [1.165, 1.54) is 77.9 Å². The van der Waals surface area contributed by atoms with Crippen molar-refractivity contribution in [2.24, 2.45) is 0 Å². The molecule has 0 N–H and O–H groups in total. The molecule has 2 aliphatic carbocycles. The number of benzene rings is 4. The molecule has 0 aliphatic heterocycles. The number of furan rings is 2. The Kier molecular flexibility index (Phi) is 11.0. The summed E-state index contributed by atoms with van der Waals surface area (Å²) in [7, 11) is -1.68. The normalized spacial score (nSPS) is 16.5. The molecule has 2 unspecified atom stereocenters. The molecule has 2 atom stereocenters. The second-order valence-electron chi connectivity index (χ2n) is 18.0. The molecule has 7 heteroatoms. The van der Waals surface area contributed by atoms with Gasteiger partial charge in [-0.2, -0.15) is 0 Å². The second kappa shape index (κ2) is 14.6. The predicted molar refractivity (Wildman–Crippen MR) is 244 cm³/mol. The van der Waals surface area contributed by atoms with Crippen molar-refractivity contribution in [2.75, 3.05) is 0 Å². The van der Waals surface area contributed by atoms with Crippen molar-refractivity contribution in [1.82, 2.24) is 0 Å². The van der Waals surface area contributed by atoms with E-state index >= 15 is 0 Å². The largest absolute Gasteiger partial charge is 0.147 e. The first-order valence-corrected chi connectivity index (χ1v) is 36.3. The fourth-order valence-electron chi connectivity index (χ4n) is 9.60. The number of rotatable bonds is 7. The van der Waals surface area contributed by atoms with Crippen molar-refractivity contribution in [3.05, 3.63) is 159 Å². The minimum atomic E-state index is -4.23. The molecule has 2 aromatic heterocycles. The van der Waals surface area contributed by atoms with E-state index in [1.807, 2.05) is 0 Å². The van der Waals surface area contributed by atoms with Gasteiger partial charge in [0.25, 0.3) is 0 Å². The van der Waals surface area contributed by atoms with Gasteiger partial charge in [0.2, 0.25) is 0 Å². The van der Waals surface area contributed by atoms with Gasteiger partial charge >= 0.3 is 322 Å². The molecule has 2 nitrogen and oxygen atoms in total. The maximum atomic E-state index is 7.00. The SMILES string of the molecule is Cc1ccc(C2=Cc3c(cc(C)c(C)c3-c3ccccc3)[CH]2[Zr]([CH3])([CH3])(=[SiH2])[CH]2C(c3ccc([Si](C)(C)C)o3)=Cc3c2cc(C)c(C)c3-c2ccccc2)o1.Cl.Cl. The van der Waals surface area contributed by atoms with Crippen LogP contribution in [0.3, 0.4) is 0 Å². The van der Waals surface area contributed by atoms with Gasteiger partial charge in [0.1, 0.15) is 0 Å². The minimum absolute atomic E-state index is 0. The topological polar surface area (TPSA) is 26.3 Å². The number of hydrogen-bond donors (Lipinski definition) is 0. The fourth-order valence-corrected chi connectivity index (χ4v) is 29.0. The maximum absolute atomic E-state index is 7.00. The van der Waals surface area contributed by atoms with Crippen LogP contribution in [0.2, 0.25) is 28.9 Å². The van der Waals surface area contributed by atoms with Gasteiger partial charge in [-0.15, -0.1) is 24.8 Å². The number of hydrogen-bond acceptors (Lipinski definition) is 2. The molecule has 8 rings (SSSR count). The second-order valence-corrected chi connectivity index (χ2v) is 53.4. The Morgan fingerprint density at radius 3 is 1.36 bits per heavy atom. The molecule has 0 spiro atoms. The summed E-state index contributed by atoms with van der Waals surface area (Å²) < 4.78 is 19.5. The zero-order valence-corrected chi connectivity index (χ0v) is 40.4. The molecule has 2 aliphatic rings. The van der Waals surface area contributed by atoms with Crippen molar-refractivity contribution in [1.29, 1.82) is 0 Å². The summed E-state index contributed by atoms with van der Waals surface area (Å²) >= 11 is -4.23. The zero-order valence-electron chi connectivity index (χ0n) is 33.9. The van der Waals surface area contributed by atoms with E-state index in [1.54, 1.807) is 0 Å². The van der Waals surface area contributed by atoms with Gasteiger partial charge in [-0.25, -0.2) is 0 Å². The van der Waals surface area contributed by atoms with Crippen LogP contribution in [0.15, 0.2) is 106 Å². The molecular weight excluding hydrogens is 827 g/mol. The Balaban J connectivity index is 0.00000257. The van der Waals surface area contributed by atoms with Gasteiger partial charge in [0, 0.05) is 0 Å². The van der Waals surface area contributed by atoms with E-state index in [-0.39, 0.29) is 32.1 Å². The average molecular weight is 881 g/mol. The Morgan fingerprint density at radius 2 is 0.982 bits per heavy atom. The zero-order chi connectivity index (χ0) is 37.6. The molecule has 0 bridgehead atoms. The molecule has 2 heterocycles. The van der Waals surface area contributed by atoms with Crippen LogP contribution in [0.25, 0.3) is 45.6 Å². The van der Waals surface area contributed by atoms with Crippen LogP contribution < -0.4 is 5.38 Å². The third-order valence-corrected chi connectivity index (χ3v) is 31.3. The van der Waals surface area contributed by atoms with Gasteiger partial charge < -0.3 is 0 Å². The first kappa shape index (κ1) is 41.5. The van der Waals surface area contributed by atoms with Crippen molar-refractivity contribution < 1.29 is 26.2 Å². The number of allylic oxidation sites excluding steroid dienone is 2. The van der Waals surface area contributed by atoms with Crippen molar-refractivity contribution in [3.63, 3.8) is 0 Å². The van der Waals surface area contributed by atoms with Gasteiger partial charge in [0.15, 0.2) is 0 Å². The van der Waals surface area contributed by atoms with Gasteiger partial charge in [-0.3, -0.25) is 0 Å². The smallest absolute Gasteiger partial charge is 0.147 e. The number of halogens is 2. The Hall–Kier alpha value is -3.18. The quantitative estimate of drug-likeness (QED) is 0.149. The number of fused-ring (bicyclic) bond motifs is 2. The fraction of sp³-hybridized carbons (Fsp3) is 0.250. The first-order chi connectivity index (χ1) is 25.0. The van der Waals surface area contributed by atoms with Crippen LogP contribution in [-0.2, 0) is 17.4 Å². The van der Waals surface area contributed by atoms with Crippen LogP contribution >= 0.6 is 24.8 Å².